The number of carbonyl (C=O) groups is 1. The Morgan fingerprint density at radius 1 is 1.37 bits per heavy atom. The van der Waals surface area contributed by atoms with E-state index in [0.717, 1.165) is 38.1 Å². The zero-order valence-corrected chi connectivity index (χ0v) is 11.5. The number of hydrogen-bond acceptors (Lipinski definition) is 3. The zero-order valence-electron chi connectivity index (χ0n) is 11.5. The third-order valence-corrected chi connectivity index (χ3v) is 4.43. The number of furan rings is 1. The SMILES string of the molecule is CC(=O)N1CCC(NC2CCCc3occc32)CC1. The monoisotopic (exact) mass is 262 g/mol. The Morgan fingerprint density at radius 2 is 2.16 bits per heavy atom. The van der Waals surface area contributed by atoms with Crippen molar-refractivity contribution in [1.82, 2.24) is 10.2 Å². The second kappa shape index (κ2) is 5.37. The van der Waals surface area contributed by atoms with Gasteiger partial charge in [0.2, 0.25) is 5.91 Å². The molecule has 1 aromatic heterocycles. The Kier molecular flexibility index (Phi) is 3.60. The Hall–Kier alpha value is -1.29. The number of fused-ring (bicyclic) bond motifs is 1. The van der Waals surface area contributed by atoms with Crippen LogP contribution in [-0.4, -0.2) is 29.9 Å². The van der Waals surface area contributed by atoms with Crippen molar-refractivity contribution in [3.8, 4) is 0 Å². The molecule has 1 unspecified atom stereocenters. The second-order valence-electron chi connectivity index (χ2n) is 5.69. The van der Waals surface area contributed by atoms with Crippen LogP contribution >= 0.6 is 0 Å². The van der Waals surface area contributed by atoms with Crippen molar-refractivity contribution in [3.63, 3.8) is 0 Å². The average Bonchev–Trinajstić information content (AvgIpc) is 2.89. The molecule has 0 radical (unpaired) electrons. The van der Waals surface area contributed by atoms with Crippen LogP contribution in [0.2, 0.25) is 0 Å². The van der Waals surface area contributed by atoms with Crippen molar-refractivity contribution in [2.24, 2.45) is 0 Å². The van der Waals surface area contributed by atoms with Crippen LogP contribution in [-0.2, 0) is 11.2 Å². The van der Waals surface area contributed by atoms with Crippen molar-refractivity contribution < 1.29 is 9.21 Å². The number of nitrogens with one attached hydrogen (secondary N) is 1. The molecule has 104 valence electrons. The minimum atomic E-state index is 0.202. The van der Waals surface area contributed by atoms with E-state index in [1.54, 1.807) is 6.92 Å². The fourth-order valence-electron chi connectivity index (χ4n) is 3.31. The molecule has 3 rings (SSSR count). The molecule has 0 aromatic carbocycles. The number of hydrogen-bond donors (Lipinski definition) is 1. The summed E-state index contributed by atoms with van der Waals surface area (Å²) < 4.78 is 5.53. The Morgan fingerprint density at radius 3 is 2.89 bits per heavy atom. The van der Waals surface area contributed by atoms with Gasteiger partial charge in [-0.3, -0.25) is 4.79 Å². The smallest absolute Gasteiger partial charge is 0.219 e. The van der Waals surface area contributed by atoms with Crippen molar-refractivity contribution in [3.05, 3.63) is 23.7 Å². The van der Waals surface area contributed by atoms with Crippen LogP contribution in [0, 0.1) is 0 Å². The van der Waals surface area contributed by atoms with Crippen LogP contribution < -0.4 is 5.32 Å². The Balaban J connectivity index is 1.58. The number of rotatable bonds is 2. The summed E-state index contributed by atoms with van der Waals surface area (Å²) in [7, 11) is 0. The highest BCUT2D eigenvalue weighted by Crippen LogP contribution is 2.31. The third-order valence-electron chi connectivity index (χ3n) is 4.43. The summed E-state index contributed by atoms with van der Waals surface area (Å²) in [6.45, 7) is 3.43. The van der Waals surface area contributed by atoms with Gasteiger partial charge in [0.15, 0.2) is 0 Å². The Bertz CT molecular complexity index is 447. The summed E-state index contributed by atoms with van der Waals surface area (Å²) in [5.41, 5.74) is 1.35. The van der Waals surface area contributed by atoms with Gasteiger partial charge in [-0.1, -0.05) is 0 Å². The summed E-state index contributed by atoms with van der Waals surface area (Å²) in [5.74, 6) is 1.36. The maximum atomic E-state index is 11.3. The highest BCUT2D eigenvalue weighted by molar-refractivity contribution is 5.73. The number of aryl methyl sites for hydroxylation is 1. The number of piperidine rings is 1. The molecule has 4 nitrogen and oxygen atoms in total. The minimum Gasteiger partial charge on any atom is -0.469 e. The van der Waals surface area contributed by atoms with Crippen LogP contribution in [0.5, 0.6) is 0 Å². The van der Waals surface area contributed by atoms with Crippen LogP contribution in [0.25, 0.3) is 0 Å². The molecule has 0 saturated carbocycles. The van der Waals surface area contributed by atoms with Crippen molar-refractivity contribution in [2.45, 2.75) is 51.1 Å². The van der Waals surface area contributed by atoms with Gasteiger partial charge in [-0.25, -0.2) is 0 Å². The van der Waals surface area contributed by atoms with E-state index in [4.69, 9.17) is 4.42 Å². The van der Waals surface area contributed by atoms with Gasteiger partial charge in [0.25, 0.3) is 0 Å². The van der Waals surface area contributed by atoms with Crippen molar-refractivity contribution in [1.29, 1.82) is 0 Å². The molecule has 4 heteroatoms. The number of nitrogens with zero attached hydrogens (tertiary/aromatic N) is 1. The third kappa shape index (κ3) is 2.68. The summed E-state index contributed by atoms with van der Waals surface area (Å²) in [6.07, 6.45) is 7.39. The van der Waals surface area contributed by atoms with E-state index in [9.17, 15) is 4.79 Å². The lowest BCUT2D eigenvalue weighted by Gasteiger charge is -2.35. The van der Waals surface area contributed by atoms with Gasteiger partial charge in [-0.05, 0) is 31.7 Å². The highest BCUT2D eigenvalue weighted by atomic mass is 16.3. The van der Waals surface area contributed by atoms with E-state index < -0.39 is 0 Å². The Labute approximate surface area is 114 Å². The predicted octanol–water partition coefficient (Wildman–Crippen LogP) is 2.26. The maximum Gasteiger partial charge on any atom is 0.219 e. The molecule has 19 heavy (non-hydrogen) atoms. The van der Waals surface area contributed by atoms with Gasteiger partial charge in [-0.2, -0.15) is 0 Å². The molecule has 1 aliphatic carbocycles. The molecule has 1 aromatic rings. The quantitative estimate of drug-likeness (QED) is 0.889. The fourth-order valence-corrected chi connectivity index (χ4v) is 3.31. The van der Waals surface area contributed by atoms with Crippen LogP contribution in [0.15, 0.2) is 16.7 Å². The number of amides is 1. The van der Waals surface area contributed by atoms with E-state index in [-0.39, 0.29) is 5.91 Å². The first-order chi connectivity index (χ1) is 9.24. The summed E-state index contributed by atoms with van der Waals surface area (Å²) in [5, 5.41) is 3.76. The van der Waals surface area contributed by atoms with Gasteiger partial charge >= 0.3 is 0 Å². The van der Waals surface area contributed by atoms with E-state index in [2.05, 4.69) is 11.4 Å². The lowest BCUT2D eigenvalue weighted by atomic mass is 9.91. The molecule has 1 fully saturated rings. The van der Waals surface area contributed by atoms with Crippen LogP contribution in [0.3, 0.4) is 0 Å². The molecule has 1 atom stereocenters. The topological polar surface area (TPSA) is 45.5 Å². The van der Waals surface area contributed by atoms with E-state index in [1.807, 2.05) is 11.2 Å². The van der Waals surface area contributed by atoms with Crippen LogP contribution in [0.4, 0.5) is 0 Å². The molecule has 1 N–H and O–H groups in total. The largest absolute Gasteiger partial charge is 0.469 e. The molecule has 1 saturated heterocycles. The first kappa shape index (κ1) is 12.7. The second-order valence-corrected chi connectivity index (χ2v) is 5.69. The van der Waals surface area contributed by atoms with Gasteiger partial charge in [0, 0.05) is 44.1 Å². The molecule has 2 heterocycles. The molecule has 2 aliphatic rings. The van der Waals surface area contributed by atoms with Crippen LogP contribution in [0.1, 0.15) is 50.0 Å². The summed E-state index contributed by atoms with van der Waals surface area (Å²) in [4.78, 5) is 13.3. The van der Waals surface area contributed by atoms with Crippen molar-refractivity contribution in [2.75, 3.05) is 13.1 Å². The van der Waals surface area contributed by atoms with Gasteiger partial charge < -0.3 is 14.6 Å². The number of likely N-dealkylation sites (tertiary alicyclic amines) is 1. The van der Waals surface area contributed by atoms with Gasteiger partial charge in [0.1, 0.15) is 5.76 Å². The molecule has 1 amide bonds. The minimum absolute atomic E-state index is 0.202. The van der Waals surface area contributed by atoms with Gasteiger partial charge in [-0.15, -0.1) is 0 Å². The lowest BCUT2D eigenvalue weighted by Crippen LogP contribution is -2.45. The molecular weight excluding hydrogens is 240 g/mol. The predicted molar refractivity (Wildman–Crippen MR) is 72.8 cm³/mol. The first-order valence-electron chi connectivity index (χ1n) is 7.32. The number of carbonyl (C=O) groups excluding carboxylic acids is 1. The van der Waals surface area contributed by atoms with E-state index >= 15 is 0 Å². The summed E-state index contributed by atoms with van der Waals surface area (Å²) >= 11 is 0. The molecular formula is C15H22N2O2. The summed E-state index contributed by atoms with van der Waals surface area (Å²) in [6, 6.07) is 3.08. The van der Waals surface area contributed by atoms with Crippen molar-refractivity contribution >= 4 is 5.91 Å². The average molecular weight is 262 g/mol. The van der Waals surface area contributed by atoms with Gasteiger partial charge in [0.05, 0.1) is 6.26 Å². The molecule has 0 bridgehead atoms. The normalized spacial score (nSPS) is 24.3. The molecule has 1 aliphatic heterocycles. The first-order valence-corrected chi connectivity index (χ1v) is 7.32. The maximum absolute atomic E-state index is 11.3. The van der Waals surface area contributed by atoms with E-state index in [1.165, 1.54) is 18.4 Å². The van der Waals surface area contributed by atoms with E-state index in [0.29, 0.717) is 12.1 Å². The standard InChI is InChI=1S/C15H22N2O2/c1-11(18)17-8-5-12(6-9-17)16-14-3-2-4-15-13(14)7-10-19-15/h7,10,12,14,16H,2-6,8-9H2,1H3. The lowest BCUT2D eigenvalue weighted by molar-refractivity contribution is -0.129. The molecule has 0 spiro atoms. The fraction of sp³-hybridized carbons (Fsp3) is 0.667. The zero-order chi connectivity index (χ0) is 13.2. The highest BCUT2D eigenvalue weighted by Gasteiger charge is 2.27.